The van der Waals surface area contributed by atoms with E-state index < -0.39 is 5.56 Å². The number of nitrogens with one attached hydrogen (secondary N) is 2. The summed E-state index contributed by atoms with van der Waals surface area (Å²) in [6.07, 6.45) is 2.24. The van der Waals surface area contributed by atoms with Crippen LogP contribution in [0.2, 0.25) is 0 Å². The van der Waals surface area contributed by atoms with Crippen molar-refractivity contribution < 1.29 is 9.90 Å². The molecule has 1 aromatic rings. The van der Waals surface area contributed by atoms with E-state index in [4.69, 9.17) is 0 Å². The van der Waals surface area contributed by atoms with E-state index in [-0.39, 0.29) is 17.4 Å². The lowest BCUT2D eigenvalue weighted by atomic mass is 9.99. The lowest BCUT2D eigenvalue weighted by molar-refractivity contribution is 0.0728. The zero-order valence-corrected chi connectivity index (χ0v) is 11.7. The van der Waals surface area contributed by atoms with Crippen molar-refractivity contribution in [2.75, 3.05) is 26.2 Å². The lowest BCUT2D eigenvalue weighted by Crippen LogP contribution is -2.41. The van der Waals surface area contributed by atoms with Gasteiger partial charge in [-0.05, 0) is 38.8 Å². The largest absolute Gasteiger partial charge is 0.494 e. The molecule has 6 heteroatoms. The quantitative estimate of drug-likeness (QED) is 0.751. The van der Waals surface area contributed by atoms with Crippen LogP contribution >= 0.6 is 0 Å². The van der Waals surface area contributed by atoms with Crippen LogP contribution in [0.25, 0.3) is 0 Å². The highest BCUT2D eigenvalue weighted by Gasteiger charge is 2.21. The van der Waals surface area contributed by atoms with Crippen LogP contribution in [0.4, 0.5) is 0 Å². The molecule has 0 aliphatic carbocycles. The first-order valence-electron chi connectivity index (χ1n) is 7.03. The van der Waals surface area contributed by atoms with Crippen molar-refractivity contribution in [2.24, 2.45) is 5.92 Å². The van der Waals surface area contributed by atoms with Gasteiger partial charge in [-0.3, -0.25) is 14.6 Å². The standard InChI is InChI=1S/C14H21N3O3/c1-2-17(9-10-4-3-5-15-8-10)14(20)11-6-12(18)16-13(19)7-11/h6-7,10,15H,2-5,8-9H2,1H3,(H2,16,18,19). The highest BCUT2D eigenvalue weighted by Crippen LogP contribution is 2.14. The molecular formula is C14H21N3O3. The van der Waals surface area contributed by atoms with Gasteiger partial charge in [-0.2, -0.15) is 0 Å². The van der Waals surface area contributed by atoms with Crippen LogP contribution in [-0.2, 0) is 0 Å². The minimum Gasteiger partial charge on any atom is -0.494 e. The summed E-state index contributed by atoms with van der Waals surface area (Å²) in [5.41, 5.74) is -0.236. The van der Waals surface area contributed by atoms with Gasteiger partial charge in [0.05, 0.1) is 5.56 Å². The molecular weight excluding hydrogens is 258 g/mol. The van der Waals surface area contributed by atoms with Crippen LogP contribution in [0.15, 0.2) is 16.9 Å². The number of piperidine rings is 1. The van der Waals surface area contributed by atoms with Gasteiger partial charge in [0.1, 0.15) is 0 Å². The average Bonchev–Trinajstić information content (AvgIpc) is 2.44. The smallest absolute Gasteiger partial charge is 0.254 e. The van der Waals surface area contributed by atoms with Crippen molar-refractivity contribution in [1.82, 2.24) is 15.2 Å². The molecule has 1 aliphatic heterocycles. The molecule has 0 saturated carbocycles. The van der Waals surface area contributed by atoms with Crippen molar-refractivity contribution in [2.45, 2.75) is 19.8 Å². The van der Waals surface area contributed by atoms with Crippen molar-refractivity contribution in [3.63, 3.8) is 0 Å². The maximum atomic E-state index is 12.4. The molecule has 1 amide bonds. The number of carbonyl (C=O) groups is 1. The Balaban J connectivity index is 2.09. The fourth-order valence-electron chi connectivity index (χ4n) is 2.58. The second kappa shape index (κ2) is 6.56. The topological polar surface area (TPSA) is 85.4 Å². The minimum atomic E-state index is -0.469. The highest BCUT2D eigenvalue weighted by atomic mass is 16.3. The molecule has 1 aliphatic rings. The van der Waals surface area contributed by atoms with E-state index in [1.54, 1.807) is 4.90 Å². The molecule has 1 unspecified atom stereocenters. The number of hydrogen-bond acceptors (Lipinski definition) is 4. The van der Waals surface area contributed by atoms with E-state index in [0.717, 1.165) is 25.9 Å². The minimum absolute atomic E-state index is 0.209. The number of hydrogen-bond donors (Lipinski definition) is 3. The Morgan fingerprint density at radius 1 is 1.50 bits per heavy atom. The molecule has 6 nitrogen and oxygen atoms in total. The van der Waals surface area contributed by atoms with Gasteiger partial charge in [0.25, 0.3) is 11.5 Å². The Hall–Kier alpha value is -1.82. The molecule has 2 rings (SSSR count). The predicted octanol–water partition coefficient (Wildman–Crippen LogP) is 0.542. The first-order valence-corrected chi connectivity index (χ1v) is 7.03. The number of nitrogens with zero attached hydrogens (tertiary/aromatic N) is 1. The first kappa shape index (κ1) is 14.6. The molecule has 1 saturated heterocycles. The van der Waals surface area contributed by atoms with Gasteiger partial charge in [0, 0.05) is 25.2 Å². The van der Waals surface area contributed by atoms with Gasteiger partial charge in [-0.25, -0.2) is 0 Å². The third kappa shape index (κ3) is 3.60. The number of rotatable bonds is 4. The average molecular weight is 279 g/mol. The van der Waals surface area contributed by atoms with Crippen LogP contribution in [-0.4, -0.2) is 47.1 Å². The molecule has 0 radical (unpaired) electrons. The maximum Gasteiger partial charge on any atom is 0.254 e. The Kier molecular flexibility index (Phi) is 4.79. The SMILES string of the molecule is CCN(CC1CCCNC1)C(=O)c1cc(O)[nH]c(=O)c1. The molecule has 0 spiro atoms. The third-order valence-electron chi connectivity index (χ3n) is 3.62. The van der Waals surface area contributed by atoms with Crippen LogP contribution in [0, 0.1) is 5.92 Å². The predicted molar refractivity (Wildman–Crippen MR) is 75.9 cm³/mol. The van der Waals surface area contributed by atoms with Crippen LogP contribution < -0.4 is 10.9 Å². The molecule has 2 heterocycles. The van der Waals surface area contributed by atoms with E-state index in [1.165, 1.54) is 12.1 Å². The molecule has 1 atom stereocenters. The molecule has 1 fully saturated rings. The highest BCUT2D eigenvalue weighted by molar-refractivity contribution is 5.94. The molecule has 3 N–H and O–H groups in total. The summed E-state index contributed by atoms with van der Waals surface area (Å²) >= 11 is 0. The van der Waals surface area contributed by atoms with E-state index >= 15 is 0 Å². The van der Waals surface area contributed by atoms with Gasteiger partial charge in [-0.1, -0.05) is 0 Å². The van der Waals surface area contributed by atoms with E-state index in [1.807, 2.05) is 6.92 Å². The Bertz CT molecular complexity index is 521. The van der Waals surface area contributed by atoms with E-state index in [2.05, 4.69) is 10.3 Å². The van der Waals surface area contributed by atoms with Crippen molar-refractivity contribution in [3.05, 3.63) is 28.0 Å². The number of aromatic hydroxyl groups is 1. The second-order valence-electron chi connectivity index (χ2n) is 5.17. The Morgan fingerprint density at radius 3 is 2.90 bits per heavy atom. The monoisotopic (exact) mass is 279 g/mol. The molecule has 0 bridgehead atoms. The van der Waals surface area contributed by atoms with Gasteiger partial charge in [-0.15, -0.1) is 0 Å². The normalized spacial score (nSPS) is 18.8. The Morgan fingerprint density at radius 2 is 2.30 bits per heavy atom. The zero-order chi connectivity index (χ0) is 14.5. The summed E-state index contributed by atoms with van der Waals surface area (Å²) < 4.78 is 0. The summed E-state index contributed by atoms with van der Waals surface area (Å²) in [7, 11) is 0. The molecule has 20 heavy (non-hydrogen) atoms. The number of amides is 1. The molecule has 1 aromatic heterocycles. The zero-order valence-electron chi connectivity index (χ0n) is 11.7. The summed E-state index contributed by atoms with van der Waals surface area (Å²) in [5, 5.41) is 12.7. The molecule has 0 aromatic carbocycles. The van der Waals surface area contributed by atoms with Crippen LogP contribution in [0.3, 0.4) is 0 Å². The van der Waals surface area contributed by atoms with E-state index in [0.29, 0.717) is 19.0 Å². The fraction of sp³-hybridized carbons (Fsp3) is 0.571. The summed E-state index contributed by atoms with van der Waals surface area (Å²) in [4.78, 5) is 27.7. The number of pyridine rings is 1. The van der Waals surface area contributed by atoms with Gasteiger partial charge >= 0.3 is 0 Å². The first-order chi connectivity index (χ1) is 9.60. The van der Waals surface area contributed by atoms with Gasteiger partial charge < -0.3 is 15.3 Å². The maximum absolute atomic E-state index is 12.4. The van der Waals surface area contributed by atoms with Crippen molar-refractivity contribution in [3.8, 4) is 5.88 Å². The summed E-state index contributed by atoms with van der Waals surface area (Å²) in [6, 6.07) is 2.52. The Labute approximate surface area is 117 Å². The van der Waals surface area contributed by atoms with E-state index in [9.17, 15) is 14.7 Å². The van der Waals surface area contributed by atoms with Crippen LogP contribution in [0.5, 0.6) is 5.88 Å². The fourth-order valence-corrected chi connectivity index (χ4v) is 2.58. The lowest BCUT2D eigenvalue weighted by Gasteiger charge is -2.29. The second-order valence-corrected chi connectivity index (χ2v) is 5.17. The number of H-pyrrole nitrogens is 1. The van der Waals surface area contributed by atoms with Crippen molar-refractivity contribution >= 4 is 5.91 Å². The number of aromatic nitrogens is 1. The summed E-state index contributed by atoms with van der Waals surface area (Å²) in [6.45, 7) is 5.14. The van der Waals surface area contributed by atoms with Gasteiger partial charge in [0.15, 0.2) is 5.88 Å². The van der Waals surface area contributed by atoms with Crippen molar-refractivity contribution in [1.29, 1.82) is 0 Å². The number of aromatic amines is 1. The van der Waals surface area contributed by atoms with Crippen LogP contribution in [0.1, 0.15) is 30.1 Å². The number of carbonyl (C=O) groups excluding carboxylic acids is 1. The molecule has 110 valence electrons. The summed E-state index contributed by atoms with van der Waals surface area (Å²) in [5.74, 6) is -0.0426. The van der Waals surface area contributed by atoms with Gasteiger partial charge in [0.2, 0.25) is 0 Å². The third-order valence-corrected chi connectivity index (χ3v) is 3.62.